The number of rotatable bonds is 9. The quantitative estimate of drug-likeness (QED) is 0.183. The fraction of sp³-hybridized carbons (Fsp3) is 0.211. The summed E-state index contributed by atoms with van der Waals surface area (Å²) >= 11 is 0. The zero-order valence-corrected chi connectivity index (χ0v) is 23.7. The highest BCUT2D eigenvalue weighted by Crippen LogP contribution is 2.37. The highest BCUT2D eigenvalue weighted by atomic mass is 16.3. The summed E-state index contributed by atoms with van der Waals surface area (Å²) in [5.41, 5.74) is 9.92. The second kappa shape index (κ2) is 10.9. The average Bonchev–Trinajstić information content (AvgIpc) is 3.51. The van der Waals surface area contributed by atoms with Gasteiger partial charge in [-0.05, 0) is 71.1 Å². The fourth-order valence-corrected chi connectivity index (χ4v) is 6.61. The molecule has 0 bridgehead atoms. The average molecular weight is 537 g/mol. The largest absolute Gasteiger partial charge is 0.395 e. The van der Waals surface area contributed by atoms with Crippen LogP contribution in [-0.4, -0.2) is 20.8 Å². The number of benzene rings is 5. The molecule has 204 valence electrons. The summed E-state index contributed by atoms with van der Waals surface area (Å²) in [5.74, 6) is 0. The molecule has 0 atom stereocenters. The van der Waals surface area contributed by atoms with E-state index in [4.69, 9.17) is 0 Å². The van der Waals surface area contributed by atoms with Gasteiger partial charge in [-0.25, -0.2) is 0 Å². The minimum atomic E-state index is 0.125. The van der Waals surface area contributed by atoms with E-state index in [1.54, 1.807) is 0 Å². The summed E-state index contributed by atoms with van der Waals surface area (Å²) in [7, 11) is 0. The van der Waals surface area contributed by atoms with Gasteiger partial charge in [0.05, 0.1) is 6.61 Å². The van der Waals surface area contributed by atoms with Crippen molar-refractivity contribution in [3.05, 3.63) is 109 Å². The Morgan fingerprint density at radius 1 is 0.463 bits per heavy atom. The third-order valence-electron chi connectivity index (χ3n) is 8.64. The van der Waals surface area contributed by atoms with Crippen molar-refractivity contribution in [3.8, 4) is 22.3 Å². The highest BCUT2D eigenvalue weighted by Gasteiger charge is 2.15. The van der Waals surface area contributed by atoms with Crippen molar-refractivity contribution >= 4 is 43.6 Å². The molecule has 2 heterocycles. The summed E-state index contributed by atoms with van der Waals surface area (Å²) in [6, 6.07) is 40.0. The molecule has 0 aliphatic rings. The molecule has 41 heavy (non-hydrogen) atoms. The third kappa shape index (κ3) is 4.51. The minimum absolute atomic E-state index is 0.125. The van der Waals surface area contributed by atoms with Gasteiger partial charge >= 0.3 is 0 Å². The topological polar surface area (TPSA) is 30.1 Å². The Hall–Kier alpha value is -4.34. The lowest BCUT2D eigenvalue weighted by Gasteiger charge is -2.09. The second-order valence-electron chi connectivity index (χ2n) is 11.2. The SMILES string of the molecule is CCCCCCn1c2ccc(-c3ccccc3)cc2c2cc(-c3ccc4c(c3)c3ccccc3n4CCO)ccc21. The first-order chi connectivity index (χ1) is 20.3. The molecule has 0 spiro atoms. The normalized spacial score (nSPS) is 11.9. The molecule has 0 unspecified atom stereocenters. The van der Waals surface area contributed by atoms with Crippen LogP contribution in [-0.2, 0) is 13.1 Å². The summed E-state index contributed by atoms with van der Waals surface area (Å²) in [4.78, 5) is 0. The fourth-order valence-electron chi connectivity index (χ4n) is 6.61. The maximum absolute atomic E-state index is 9.73. The van der Waals surface area contributed by atoms with Crippen LogP contribution in [0.1, 0.15) is 32.6 Å². The van der Waals surface area contributed by atoms with Gasteiger partial charge in [0.15, 0.2) is 0 Å². The van der Waals surface area contributed by atoms with E-state index < -0.39 is 0 Å². The van der Waals surface area contributed by atoms with Gasteiger partial charge in [-0.2, -0.15) is 0 Å². The lowest BCUT2D eigenvalue weighted by molar-refractivity contribution is 0.280. The van der Waals surface area contributed by atoms with Gasteiger partial charge in [-0.3, -0.25) is 0 Å². The molecule has 1 N–H and O–H groups in total. The van der Waals surface area contributed by atoms with Gasteiger partial charge in [0, 0.05) is 56.7 Å². The van der Waals surface area contributed by atoms with Gasteiger partial charge in [0.25, 0.3) is 0 Å². The molecule has 0 aliphatic carbocycles. The van der Waals surface area contributed by atoms with E-state index in [-0.39, 0.29) is 6.61 Å². The molecule has 0 fully saturated rings. The molecular weight excluding hydrogens is 500 g/mol. The molecule has 7 rings (SSSR count). The standard InChI is InChI=1S/C38H36N2O/c1-2-3-4-10-21-39-37-18-15-28(27-11-6-5-7-12-27)24-33(37)34-26-30(17-20-38(34)39)29-16-19-36-32(25-29)31-13-8-9-14-35(31)40(36)22-23-41/h5-9,11-20,24-26,41H,2-4,10,21-23H2,1H3. The van der Waals surface area contributed by atoms with Crippen molar-refractivity contribution in [2.75, 3.05) is 6.61 Å². The predicted octanol–water partition coefficient (Wildman–Crippen LogP) is 9.81. The minimum Gasteiger partial charge on any atom is -0.395 e. The molecule has 0 aliphatic heterocycles. The van der Waals surface area contributed by atoms with E-state index in [2.05, 4.69) is 125 Å². The zero-order chi connectivity index (χ0) is 27.8. The summed E-state index contributed by atoms with van der Waals surface area (Å²) < 4.78 is 4.76. The van der Waals surface area contributed by atoms with Crippen molar-refractivity contribution in [1.29, 1.82) is 0 Å². The molecule has 3 heteroatoms. The molecule has 5 aromatic carbocycles. The molecule has 0 radical (unpaired) electrons. The first-order valence-corrected chi connectivity index (χ1v) is 15.0. The Kier molecular flexibility index (Phi) is 6.82. The van der Waals surface area contributed by atoms with E-state index in [1.807, 2.05) is 0 Å². The van der Waals surface area contributed by atoms with Crippen LogP contribution in [0.15, 0.2) is 109 Å². The third-order valence-corrected chi connectivity index (χ3v) is 8.64. The Morgan fingerprint density at radius 2 is 0.976 bits per heavy atom. The maximum atomic E-state index is 9.73. The number of aryl methyl sites for hydroxylation is 1. The number of nitrogens with zero attached hydrogens (tertiary/aromatic N) is 2. The lowest BCUT2D eigenvalue weighted by atomic mass is 9.99. The van der Waals surface area contributed by atoms with Crippen LogP contribution >= 0.6 is 0 Å². The van der Waals surface area contributed by atoms with Crippen molar-refractivity contribution in [2.45, 2.75) is 45.7 Å². The van der Waals surface area contributed by atoms with Crippen molar-refractivity contribution < 1.29 is 5.11 Å². The molecule has 0 saturated heterocycles. The first kappa shape index (κ1) is 25.6. The number of aromatic nitrogens is 2. The summed E-state index contributed by atoms with van der Waals surface area (Å²) in [6.45, 7) is 4.03. The number of hydrogen-bond acceptors (Lipinski definition) is 1. The van der Waals surface area contributed by atoms with Crippen LogP contribution in [0, 0.1) is 0 Å². The number of para-hydroxylation sites is 1. The Morgan fingerprint density at radius 3 is 1.59 bits per heavy atom. The van der Waals surface area contributed by atoms with E-state index in [0.29, 0.717) is 6.54 Å². The van der Waals surface area contributed by atoms with Crippen LogP contribution in [0.4, 0.5) is 0 Å². The summed E-state index contributed by atoms with van der Waals surface area (Å²) in [6.07, 6.45) is 5.00. The van der Waals surface area contributed by atoms with Crippen LogP contribution in [0.2, 0.25) is 0 Å². The summed E-state index contributed by atoms with van der Waals surface area (Å²) in [5, 5.41) is 14.8. The molecule has 0 saturated carbocycles. The Labute approximate surface area is 241 Å². The molecular formula is C38H36N2O. The monoisotopic (exact) mass is 536 g/mol. The number of fused-ring (bicyclic) bond motifs is 6. The second-order valence-corrected chi connectivity index (χ2v) is 11.2. The van der Waals surface area contributed by atoms with E-state index in [0.717, 1.165) is 6.54 Å². The van der Waals surface area contributed by atoms with E-state index >= 15 is 0 Å². The number of aliphatic hydroxyl groups is 1. The lowest BCUT2D eigenvalue weighted by Crippen LogP contribution is -2.01. The predicted molar refractivity (Wildman–Crippen MR) is 175 cm³/mol. The van der Waals surface area contributed by atoms with Crippen LogP contribution in [0.3, 0.4) is 0 Å². The molecule has 2 aromatic heterocycles. The molecule has 0 amide bonds. The first-order valence-electron chi connectivity index (χ1n) is 15.0. The zero-order valence-electron chi connectivity index (χ0n) is 23.7. The van der Waals surface area contributed by atoms with Crippen molar-refractivity contribution in [1.82, 2.24) is 9.13 Å². The highest BCUT2D eigenvalue weighted by molar-refractivity contribution is 6.12. The van der Waals surface area contributed by atoms with E-state index in [9.17, 15) is 5.11 Å². The van der Waals surface area contributed by atoms with Crippen LogP contribution in [0.25, 0.3) is 65.9 Å². The van der Waals surface area contributed by atoms with Gasteiger partial charge in [0.2, 0.25) is 0 Å². The smallest absolute Gasteiger partial charge is 0.0610 e. The number of aliphatic hydroxyl groups excluding tert-OH is 1. The number of unbranched alkanes of at least 4 members (excludes halogenated alkanes) is 3. The Balaban J connectivity index is 1.39. The Bertz CT molecular complexity index is 1990. The van der Waals surface area contributed by atoms with Crippen molar-refractivity contribution in [2.24, 2.45) is 0 Å². The van der Waals surface area contributed by atoms with E-state index in [1.165, 1.54) is 91.5 Å². The van der Waals surface area contributed by atoms with Gasteiger partial charge in [-0.1, -0.05) is 92.9 Å². The van der Waals surface area contributed by atoms with Gasteiger partial charge < -0.3 is 14.2 Å². The van der Waals surface area contributed by atoms with Gasteiger partial charge in [-0.15, -0.1) is 0 Å². The number of hydrogen-bond donors (Lipinski definition) is 1. The maximum Gasteiger partial charge on any atom is 0.0610 e. The van der Waals surface area contributed by atoms with Crippen LogP contribution < -0.4 is 0 Å². The molecule has 7 aromatic rings. The molecule has 3 nitrogen and oxygen atoms in total. The van der Waals surface area contributed by atoms with Gasteiger partial charge in [0.1, 0.15) is 0 Å². The van der Waals surface area contributed by atoms with Crippen molar-refractivity contribution in [3.63, 3.8) is 0 Å². The van der Waals surface area contributed by atoms with Crippen LogP contribution in [0.5, 0.6) is 0 Å².